The molecule has 2 aliphatic carbocycles. The minimum absolute atomic E-state index is 0.0102. The van der Waals surface area contributed by atoms with Crippen LogP contribution in [0.4, 0.5) is 10.1 Å². The van der Waals surface area contributed by atoms with Gasteiger partial charge in [0.25, 0.3) is 5.56 Å². The second-order valence-electron chi connectivity index (χ2n) is 9.23. The number of rotatable bonds is 7. The van der Waals surface area contributed by atoms with Crippen molar-refractivity contribution in [3.63, 3.8) is 0 Å². The fourth-order valence-corrected chi connectivity index (χ4v) is 5.25. The van der Waals surface area contributed by atoms with Crippen molar-refractivity contribution in [2.75, 3.05) is 5.32 Å². The lowest BCUT2D eigenvalue weighted by atomic mass is 10.1. The monoisotopic (exact) mass is 445 g/mol. The van der Waals surface area contributed by atoms with Crippen LogP contribution in [0.3, 0.4) is 0 Å². The summed E-state index contributed by atoms with van der Waals surface area (Å²) in [5.41, 5.74) is -0.158. The first-order valence-electron chi connectivity index (χ1n) is 11.9. The van der Waals surface area contributed by atoms with E-state index in [1.165, 1.54) is 18.9 Å². The van der Waals surface area contributed by atoms with Crippen LogP contribution in [0.1, 0.15) is 83.1 Å². The van der Waals surface area contributed by atoms with Gasteiger partial charge in [-0.25, -0.2) is 9.18 Å². The Morgan fingerprint density at radius 1 is 1.03 bits per heavy atom. The lowest BCUT2D eigenvalue weighted by molar-refractivity contribution is -0.137. The van der Waals surface area contributed by atoms with Crippen molar-refractivity contribution in [3.05, 3.63) is 38.8 Å². The highest BCUT2D eigenvalue weighted by atomic mass is 19.1. The third-order valence-electron chi connectivity index (χ3n) is 6.93. The summed E-state index contributed by atoms with van der Waals surface area (Å²) in [4.78, 5) is 37.4. The zero-order valence-corrected chi connectivity index (χ0v) is 18.4. The molecule has 0 aliphatic heterocycles. The van der Waals surface area contributed by atoms with E-state index in [9.17, 15) is 14.4 Å². The summed E-state index contributed by atoms with van der Waals surface area (Å²) < 4.78 is 17.8. The van der Waals surface area contributed by atoms with E-state index in [-0.39, 0.29) is 36.9 Å². The first-order valence-corrected chi connectivity index (χ1v) is 11.9. The molecule has 1 heterocycles. The molecule has 0 saturated heterocycles. The topological polar surface area (TPSA) is 93.3 Å². The van der Waals surface area contributed by atoms with Crippen molar-refractivity contribution in [2.24, 2.45) is 0 Å². The molecule has 1 aromatic heterocycles. The van der Waals surface area contributed by atoms with Crippen LogP contribution in [0.2, 0.25) is 0 Å². The molecule has 2 fully saturated rings. The van der Waals surface area contributed by atoms with Gasteiger partial charge in [-0.15, -0.1) is 0 Å². The Morgan fingerprint density at radius 3 is 2.34 bits per heavy atom. The lowest BCUT2D eigenvalue weighted by Crippen LogP contribution is -2.41. The number of aliphatic carboxylic acids is 1. The molecular formula is C24H32FN3O4. The Bertz CT molecular complexity index is 1090. The molecule has 0 radical (unpaired) electrons. The molecule has 2 saturated carbocycles. The van der Waals surface area contributed by atoms with E-state index in [1.54, 1.807) is 10.6 Å². The van der Waals surface area contributed by atoms with Crippen LogP contribution in [0.25, 0.3) is 10.9 Å². The quantitative estimate of drug-likeness (QED) is 0.616. The number of halogens is 1. The highest BCUT2D eigenvalue weighted by Crippen LogP contribution is 2.32. The predicted octanol–water partition coefficient (Wildman–Crippen LogP) is 4.42. The summed E-state index contributed by atoms with van der Waals surface area (Å²) in [7, 11) is 0. The summed E-state index contributed by atoms with van der Waals surface area (Å²) in [6, 6.07) is 3.04. The number of benzene rings is 1. The molecule has 7 nitrogen and oxygen atoms in total. The molecule has 0 bridgehead atoms. The van der Waals surface area contributed by atoms with Crippen molar-refractivity contribution in [3.8, 4) is 0 Å². The summed E-state index contributed by atoms with van der Waals surface area (Å²) in [5, 5.41) is 12.4. The molecule has 4 rings (SSSR count). The fraction of sp³-hybridized carbons (Fsp3) is 0.625. The van der Waals surface area contributed by atoms with Crippen LogP contribution < -0.4 is 16.6 Å². The first kappa shape index (κ1) is 22.6. The molecule has 2 aliphatic rings. The molecule has 0 unspecified atom stereocenters. The van der Waals surface area contributed by atoms with Gasteiger partial charge in [-0.3, -0.25) is 18.7 Å². The van der Waals surface area contributed by atoms with Crippen LogP contribution in [-0.2, 0) is 11.3 Å². The summed E-state index contributed by atoms with van der Waals surface area (Å²) in [5.74, 6) is -1.47. The van der Waals surface area contributed by atoms with Crippen molar-refractivity contribution in [1.29, 1.82) is 0 Å². The third kappa shape index (κ3) is 4.74. The van der Waals surface area contributed by atoms with Gasteiger partial charge in [0, 0.05) is 25.0 Å². The van der Waals surface area contributed by atoms with E-state index in [1.807, 2.05) is 0 Å². The van der Waals surface area contributed by atoms with Gasteiger partial charge in [-0.2, -0.15) is 0 Å². The van der Waals surface area contributed by atoms with Gasteiger partial charge in [0.15, 0.2) is 0 Å². The van der Waals surface area contributed by atoms with E-state index >= 15 is 4.39 Å². The number of carbonyl (C=O) groups is 1. The number of carboxylic acid groups (broad SMARTS) is 1. The number of anilines is 1. The molecule has 2 aromatic rings. The molecule has 8 heteroatoms. The van der Waals surface area contributed by atoms with Gasteiger partial charge in [0.1, 0.15) is 5.82 Å². The van der Waals surface area contributed by atoms with Crippen molar-refractivity contribution >= 4 is 22.6 Å². The molecule has 1 aromatic carbocycles. The maximum atomic E-state index is 15.1. The number of hydrogen-bond donors (Lipinski definition) is 2. The number of hydrogen-bond acceptors (Lipinski definition) is 4. The number of fused-ring (bicyclic) bond motifs is 1. The third-order valence-corrected chi connectivity index (χ3v) is 6.93. The Hall–Kier alpha value is -2.64. The number of aromatic nitrogens is 2. The summed E-state index contributed by atoms with van der Waals surface area (Å²) in [6.45, 7) is 0.0102. The van der Waals surface area contributed by atoms with Crippen LogP contribution in [-0.4, -0.2) is 26.3 Å². The normalized spacial score (nSPS) is 18.2. The largest absolute Gasteiger partial charge is 0.481 e. The minimum atomic E-state index is -0.977. The molecule has 174 valence electrons. The van der Waals surface area contributed by atoms with Crippen LogP contribution in [0.5, 0.6) is 0 Å². The van der Waals surface area contributed by atoms with Gasteiger partial charge in [0.2, 0.25) is 0 Å². The predicted molar refractivity (Wildman–Crippen MR) is 122 cm³/mol. The van der Waals surface area contributed by atoms with E-state index < -0.39 is 23.0 Å². The van der Waals surface area contributed by atoms with E-state index in [0.29, 0.717) is 11.2 Å². The van der Waals surface area contributed by atoms with Crippen LogP contribution in [0.15, 0.2) is 21.7 Å². The van der Waals surface area contributed by atoms with Gasteiger partial charge in [-0.05, 0) is 44.2 Å². The van der Waals surface area contributed by atoms with E-state index in [0.717, 1.165) is 55.9 Å². The van der Waals surface area contributed by atoms with Gasteiger partial charge in [-0.1, -0.05) is 38.5 Å². The van der Waals surface area contributed by atoms with Crippen molar-refractivity contribution in [2.45, 2.75) is 95.7 Å². The zero-order valence-electron chi connectivity index (χ0n) is 18.4. The van der Waals surface area contributed by atoms with Gasteiger partial charge < -0.3 is 10.4 Å². The Kier molecular flexibility index (Phi) is 6.96. The maximum absolute atomic E-state index is 15.1. The molecule has 32 heavy (non-hydrogen) atoms. The smallest absolute Gasteiger partial charge is 0.331 e. The first-order chi connectivity index (χ1) is 15.5. The van der Waals surface area contributed by atoms with Crippen LogP contribution >= 0.6 is 0 Å². The van der Waals surface area contributed by atoms with Crippen molar-refractivity contribution in [1.82, 2.24) is 9.13 Å². The number of carboxylic acids is 1. The number of nitrogens with zero attached hydrogens (tertiary/aromatic N) is 2. The Labute approximate surface area is 186 Å². The highest BCUT2D eigenvalue weighted by molar-refractivity contribution is 5.82. The van der Waals surface area contributed by atoms with Gasteiger partial charge in [0.05, 0.1) is 16.6 Å². The SMILES string of the molecule is O=C(O)CCCn1c(=O)c2cc(F)c(NC3CCCCCC3)cc2n(C2CCCC2)c1=O. The average Bonchev–Trinajstić information content (AvgIpc) is 3.15. The minimum Gasteiger partial charge on any atom is -0.481 e. The summed E-state index contributed by atoms with van der Waals surface area (Å²) >= 11 is 0. The van der Waals surface area contributed by atoms with E-state index in [4.69, 9.17) is 5.11 Å². The lowest BCUT2D eigenvalue weighted by Gasteiger charge is -2.22. The molecule has 2 N–H and O–H groups in total. The molecular weight excluding hydrogens is 413 g/mol. The molecule has 0 atom stereocenters. The second kappa shape index (κ2) is 9.88. The average molecular weight is 446 g/mol. The fourth-order valence-electron chi connectivity index (χ4n) is 5.25. The van der Waals surface area contributed by atoms with Crippen LogP contribution in [0, 0.1) is 5.82 Å². The Balaban J connectivity index is 1.79. The maximum Gasteiger partial charge on any atom is 0.331 e. The molecule has 0 amide bonds. The second-order valence-corrected chi connectivity index (χ2v) is 9.23. The zero-order chi connectivity index (χ0) is 22.7. The summed E-state index contributed by atoms with van der Waals surface area (Å²) in [6.07, 6.45) is 10.3. The number of nitrogens with one attached hydrogen (secondary N) is 1. The highest BCUT2D eigenvalue weighted by Gasteiger charge is 2.25. The van der Waals surface area contributed by atoms with Crippen molar-refractivity contribution < 1.29 is 14.3 Å². The van der Waals surface area contributed by atoms with E-state index in [2.05, 4.69) is 5.32 Å². The van der Waals surface area contributed by atoms with Gasteiger partial charge >= 0.3 is 11.7 Å². The molecule has 0 spiro atoms. The Morgan fingerprint density at radius 2 is 1.69 bits per heavy atom. The standard InChI is InChI=1S/C24H32FN3O4/c25-19-14-18-21(15-20(19)26-16-8-3-1-2-4-9-16)28(17-10-5-6-11-17)24(32)27(23(18)31)13-7-12-22(29)30/h14-17,26H,1-13H2,(H,29,30).